The molecule has 0 unspecified atom stereocenters. The fraction of sp³-hybridized carbons (Fsp3) is 0.769. The molecule has 16 heavy (non-hydrogen) atoms. The number of nitrogens with two attached hydrogens (primary N) is 1. The lowest BCUT2D eigenvalue weighted by Gasteiger charge is -2.20. The summed E-state index contributed by atoms with van der Waals surface area (Å²) in [6.07, 6.45) is 8.50. The lowest BCUT2D eigenvalue weighted by molar-refractivity contribution is 0.438. The number of nitrogens with zero attached hydrogens (tertiary/aromatic N) is 2. The van der Waals surface area contributed by atoms with Crippen LogP contribution in [0.5, 0.6) is 0 Å². The number of nitrogen functional groups attached to an aromatic ring is 1. The van der Waals surface area contributed by atoms with Crippen LogP contribution in [0.4, 0.5) is 5.82 Å². The van der Waals surface area contributed by atoms with Crippen molar-refractivity contribution in [3.05, 3.63) is 12.0 Å². The van der Waals surface area contributed by atoms with E-state index in [1.807, 2.05) is 6.33 Å². The average molecular weight is 221 g/mol. The molecule has 2 rings (SSSR count). The highest BCUT2D eigenvalue weighted by atomic mass is 15.1. The van der Waals surface area contributed by atoms with E-state index in [4.69, 9.17) is 5.73 Å². The summed E-state index contributed by atoms with van der Waals surface area (Å²) in [6, 6.07) is 0. The minimum Gasteiger partial charge on any atom is -0.384 e. The van der Waals surface area contributed by atoms with E-state index >= 15 is 0 Å². The molecule has 0 aliphatic heterocycles. The molecule has 1 aliphatic carbocycles. The fourth-order valence-electron chi connectivity index (χ4n) is 2.64. The molecule has 2 N–H and O–H groups in total. The zero-order valence-corrected chi connectivity index (χ0v) is 10.4. The molecule has 0 bridgehead atoms. The number of anilines is 1. The molecule has 1 aliphatic rings. The molecule has 1 aromatic rings. The Balaban J connectivity index is 2.12. The van der Waals surface area contributed by atoms with Gasteiger partial charge in [0.25, 0.3) is 0 Å². The predicted molar refractivity (Wildman–Crippen MR) is 67.3 cm³/mol. The van der Waals surface area contributed by atoms with Crippen LogP contribution in [0.15, 0.2) is 6.33 Å². The van der Waals surface area contributed by atoms with Crippen LogP contribution in [-0.2, 0) is 6.54 Å². The number of imidazole rings is 1. The third-order valence-electron chi connectivity index (χ3n) is 3.46. The highest BCUT2D eigenvalue weighted by molar-refractivity contribution is 5.38. The number of aromatic nitrogens is 2. The van der Waals surface area contributed by atoms with Gasteiger partial charge in [-0.25, -0.2) is 4.98 Å². The monoisotopic (exact) mass is 221 g/mol. The summed E-state index contributed by atoms with van der Waals surface area (Å²) < 4.78 is 2.11. The first-order valence-corrected chi connectivity index (χ1v) is 6.49. The Kier molecular flexibility index (Phi) is 3.52. The van der Waals surface area contributed by atoms with Crippen molar-refractivity contribution in [1.29, 1.82) is 0 Å². The Morgan fingerprint density at radius 3 is 2.69 bits per heavy atom. The molecule has 0 saturated heterocycles. The third kappa shape index (κ3) is 2.39. The second kappa shape index (κ2) is 4.89. The molecule has 0 atom stereocenters. The normalized spacial score (nSPS) is 18.2. The largest absolute Gasteiger partial charge is 0.384 e. The maximum atomic E-state index is 6.18. The van der Waals surface area contributed by atoms with E-state index < -0.39 is 0 Å². The lowest BCUT2D eigenvalue weighted by Crippen LogP contribution is -2.10. The van der Waals surface area contributed by atoms with Crippen LogP contribution in [0, 0.1) is 5.92 Å². The molecular weight excluding hydrogens is 198 g/mol. The highest BCUT2D eigenvalue weighted by Gasteiger charge is 2.21. The van der Waals surface area contributed by atoms with Crippen LogP contribution in [0.1, 0.15) is 57.6 Å². The number of hydrogen-bond acceptors (Lipinski definition) is 2. The van der Waals surface area contributed by atoms with Gasteiger partial charge < -0.3 is 10.3 Å². The molecule has 0 radical (unpaired) electrons. The predicted octanol–water partition coefficient (Wildman–Crippen LogP) is 3.17. The first-order valence-electron chi connectivity index (χ1n) is 6.49. The smallest absolute Gasteiger partial charge is 0.126 e. The van der Waals surface area contributed by atoms with Crippen molar-refractivity contribution in [2.75, 3.05) is 5.73 Å². The minimum absolute atomic E-state index is 0.613. The zero-order chi connectivity index (χ0) is 11.5. The Hall–Kier alpha value is -0.990. The lowest BCUT2D eigenvalue weighted by atomic mass is 9.87. The molecule has 0 aromatic carbocycles. The Morgan fingerprint density at radius 1 is 1.38 bits per heavy atom. The summed E-state index contributed by atoms with van der Waals surface area (Å²) in [6.45, 7) is 5.39. The van der Waals surface area contributed by atoms with E-state index in [9.17, 15) is 0 Å². The summed E-state index contributed by atoms with van der Waals surface area (Å²) in [5, 5.41) is 0. The molecule has 0 spiro atoms. The van der Waals surface area contributed by atoms with Gasteiger partial charge in [-0.3, -0.25) is 0 Å². The standard InChI is InChI=1S/C13H23N3/c1-10(2)8-16-9-15-12(13(16)14)11-6-4-3-5-7-11/h9-11H,3-8,14H2,1-2H3. The SMILES string of the molecule is CC(C)Cn1cnc(C2CCCCC2)c1N. The van der Waals surface area contributed by atoms with Gasteiger partial charge in [-0.1, -0.05) is 33.1 Å². The second-order valence-corrected chi connectivity index (χ2v) is 5.40. The molecule has 1 aromatic heterocycles. The van der Waals surface area contributed by atoms with Crippen molar-refractivity contribution >= 4 is 5.82 Å². The summed E-state index contributed by atoms with van der Waals surface area (Å²) in [5.41, 5.74) is 7.34. The van der Waals surface area contributed by atoms with Crippen molar-refractivity contribution in [3.63, 3.8) is 0 Å². The molecule has 0 amide bonds. The average Bonchev–Trinajstić information content (AvgIpc) is 2.61. The maximum Gasteiger partial charge on any atom is 0.126 e. The van der Waals surface area contributed by atoms with E-state index in [1.54, 1.807) is 0 Å². The Bertz CT molecular complexity index is 335. The van der Waals surface area contributed by atoms with Crippen LogP contribution >= 0.6 is 0 Å². The summed E-state index contributed by atoms with van der Waals surface area (Å²) >= 11 is 0. The van der Waals surface area contributed by atoms with Crippen LogP contribution < -0.4 is 5.73 Å². The quantitative estimate of drug-likeness (QED) is 0.852. The summed E-state index contributed by atoms with van der Waals surface area (Å²) in [4.78, 5) is 4.53. The zero-order valence-electron chi connectivity index (χ0n) is 10.4. The summed E-state index contributed by atoms with van der Waals surface area (Å²) in [7, 11) is 0. The Morgan fingerprint density at radius 2 is 2.06 bits per heavy atom. The topological polar surface area (TPSA) is 43.8 Å². The van der Waals surface area contributed by atoms with Gasteiger partial charge in [0.15, 0.2) is 0 Å². The maximum absolute atomic E-state index is 6.18. The van der Waals surface area contributed by atoms with Gasteiger partial charge in [0, 0.05) is 12.5 Å². The first-order chi connectivity index (χ1) is 7.68. The van der Waals surface area contributed by atoms with Crippen LogP contribution in [0.3, 0.4) is 0 Å². The third-order valence-corrected chi connectivity index (χ3v) is 3.46. The van der Waals surface area contributed by atoms with Crippen LogP contribution in [0.2, 0.25) is 0 Å². The molecule has 3 heteroatoms. The van der Waals surface area contributed by atoms with Gasteiger partial charge in [0.2, 0.25) is 0 Å². The molecular formula is C13H23N3. The van der Waals surface area contributed by atoms with E-state index in [-0.39, 0.29) is 0 Å². The summed E-state index contributed by atoms with van der Waals surface area (Å²) in [5.74, 6) is 2.14. The van der Waals surface area contributed by atoms with Crippen molar-refractivity contribution in [2.24, 2.45) is 5.92 Å². The highest BCUT2D eigenvalue weighted by Crippen LogP contribution is 2.34. The molecule has 3 nitrogen and oxygen atoms in total. The van der Waals surface area contributed by atoms with Gasteiger partial charge in [0.1, 0.15) is 5.82 Å². The fourth-order valence-corrected chi connectivity index (χ4v) is 2.64. The van der Waals surface area contributed by atoms with Crippen LogP contribution in [-0.4, -0.2) is 9.55 Å². The molecule has 1 saturated carbocycles. The van der Waals surface area contributed by atoms with Crippen molar-refractivity contribution in [1.82, 2.24) is 9.55 Å². The van der Waals surface area contributed by atoms with Crippen molar-refractivity contribution in [3.8, 4) is 0 Å². The Labute approximate surface area is 98.1 Å². The molecule has 1 fully saturated rings. The van der Waals surface area contributed by atoms with Crippen LogP contribution in [0.25, 0.3) is 0 Å². The van der Waals surface area contributed by atoms with Gasteiger partial charge in [-0.2, -0.15) is 0 Å². The number of rotatable bonds is 3. The minimum atomic E-state index is 0.613. The van der Waals surface area contributed by atoms with Gasteiger partial charge in [-0.05, 0) is 18.8 Å². The van der Waals surface area contributed by atoms with Crippen molar-refractivity contribution in [2.45, 2.75) is 58.4 Å². The van der Waals surface area contributed by atoms with E-state index in [1.165, 1.54) is 32.1 Å². The van der Waals surface area contributed by atoms with E-state index in [2.05, 4.69) is 23.4 Å². The molecule has 1 heterocycles. The number of hydrogen-bond donors (Lipinski definition) is 1. The van der Waals surface area contributed by atoms with E-state index in [0.29, 0.717) is 11.8 Å². The van der Waals surface area contributed by atoms with Gasteiger partial charge >= 0.3 is 0 Å². The van der Waals surface area contributed by atoms with Gasteiger partial charge in [-0.15, -0.1) is 0 Å². The van der Waals surface area contributed by atoms with Gasteiger partial charge in [0.05, 0.1) is 12.0 Å². The van der Waals surface area contributed by atoms with E-state index in [0.717, 1.165) is 18.1 Å². The van der Waals surface area contributed by atoms with Crippen molar-refractivity contribution < 1.29 is 0 Å². The second-order valence-electron chi connectivity index (χ2n) is 5.40. The molecule has 90 valence electrons. The first kappa shape index (κ1) is 11.5.